The van der Waals surface area contributed by atoms with E-state index in [9.17, 15) is 9.59 Å². The highest BCUT2D eigenvalue weighted by Crippen LogP contribution is 2.20. The molecule has 2 aromatic carbocycles. The topological polar surface area (TPSA) is 100 Å². The second kappa shape index (κ2) is 7.75. The van der Waals surface area contributed by atoms with Gasteiger partial charge in [-0.05, 0) is 12.1 Å². The average Bonchev–Trinajstić information content (AvgIpc) is 3.35. The summed E-state index contributed by atoms with van der Waals surface area (Å²) in [7, 11) is 0. The fourth-order valence-corrected chi connectivity index (χ4v) is 2.54. The number of aromatic nitrogens is 3. The number of ether oxygens (including phenoxy) is 1. The van der Waals surface area contributed by atoms with Gasteiger partial charge >= 0.3 is 11.7 Å². The van der Waals surface area contributed by atoms with Gasteiger partial charge in [0, 0.05) is 17.2 Å². The standard InChI is InChI=1S/C20H15N3O5/c24-18(12-23-20(25)27-19(21-23)15-9-5-2-6-10-15)26-13-16-11-17(28-22-16)14-7-3-1-4-8-14/h1-11H,12-13H2. The van der Waals surface area contributed by atoms with Gasteiger partial charge in [0.05, 0.1) is 0 Å². The van der Waals surface area contributed by atoms with Crippen molar-refractivity contribution in [1.82, 2.24) is 14.9 Å². The maximum atomic E-state index is 12.0. The number of benzene rings is 2. The molecule has 0 amide bonds. The van der Waals surface area contributed by atoms with Gasteiger partial charge in [-0.3, -0.25) is 4.79 Å². The number of carbonyl (C=O) groups excluding carboxylic acids is 1. The summed E-state index contributed by atoms with van der Waals surface area (Å²) >= 11 is 0. The largest absolute Gasteiger partial charge is 0.458 e. The fourth-order valence-electron chi connectivity index (χ4n) is 2.54. The molecule has 0 fully saturated rings. The smallest absolute Gasteiger partial charge is 0.437 e. The van der Waals surface area contributed by atoms with Crippen LogP contribution in [0.1, 0.15) is 5.69 Å². The molecule has 0 saturated carbocycles. The Morgan fingerprint density at radius 2 is 1.68 bits per heavy atom. The van der Waals surface area contributed by atoms with Crippen molar-refractivity contribution in [3.63, 3.8) is 0 Å². The van der Waals surface area contributed by atoms with Crippen LogP contribution in [0, 0.1) is 0 Å². The minimum Gasteiger partial charge on any atom is -0.458 e. The van der Waals surface area contributed by atoms with Crippen LogP contribution < -0.4 is 5.76 Å². The number of rotatable bonds is 6. The Kier molecular flexibility index (Phi) is 4.83. The third-order valence-electron chi connectivity index (χ3n) is 3.90. The quantitative estimate of drug-likeness (QED) is 0.476. The number of nitrogens with zero attached hydrogens (tertiary/aromatic N) is 3. The number of carbonyl (C=O) groups is 1. The molecule has 4 aromatic rings. The second-order valence-corrected chi connectivity index (χ2v) is 5.91. The van der Waals surface area contributed by atoms with Crippen molar-refractivity contribution in [2.45, 2.75) is 13.2 Å². The number of hydrogen-bond donors (Lipinski definition) is 0. The number of esters is 1. The lowest BCUT2D eigenvalue weighted by atomic mass is 10.2. The Balaban J connectivity index is 1.37. The van der Waals surface area contributed by atoms with Crippen LogP contribution in [0.3, 0.4) is 0 Å². The molecule has 28 heavy (non-hydrogen) atoms. The molecule has 0 saturated heterocycles. The first-order valence-electron chi connectivity index (χ1n) is 8.49. The van der Waals surface area contributed by atoms with Gasteiger partial charge < -0.3 is 13.7 Å². The van der Waals surface area contributed by atoms with Crippen LogP contribution >= 0.6 is 0 Å². The van der Waals surface area contributed by atoms with Gasteiger partial charge in [0.15, 0.2) is 5.76 Å². The predicted molar refractivity (Wildman–Crippen MR) is 97.9 cm³/mol. The Bertz CT molecular complexity index is 1130. The Hall–Kier alpha value is -3.94. The van der Waals surface area contributed by atoms with Crippen LogP contribution in [0.25, 0.3) is 22.8 Å². The van der Waals surface area contributed by atoms with E-state index >= 15 is 0 Å². The van der Waals surface area contributed by atoms with E-state index in [1.165, 1.54) is 0 Å². The maximum Gasteiger partial charge on any atom is 0.437 e. The molecule has 2 aromatic heterocycles. The van der Waals surface area contributed by atoms with Crippen molar-refractivity contribution in [1.29, 1.82) is 0 Å². The minimum atomic E-state index is -0.733. The molecular formula is C20H15N3O5. The van der Waals surface area contributed by atoms with E-state index in [4.69, 9.17) is 13.7 Å². The van der Waals surface area contributed by atoms with Gasteiger partial charge in [-0.25, -0.2) is 4.79 Å². The minimum absolute atomic E-state index is 0.0761. The maximum absolute atomic E-state index is 12.0. The summed E-state index contributed by atoms with van der Waals surface area (Å²) in [6.45, 7) is -0.439. The number of hydrogen-bond acceptors (Lipinski definition) is 7. The van der Waals surface area contributed by atoms with E-state index < -0.39 is 11.7 Å². The Morgan fingerprint density at radius 1 is 1.00 bits per heavy atom. The molecule has 0 unspecified atom stereocenters. The molecule has 0 aliphatic heterocycles. The van der Waals surface area contributed by atoms with E-state index in [0.717, 1.165) is 10.2 Å². The van der Waals surface area contributed by atoms with Crippen molar-refractivity contribution >= 4 is 5.97 Å². The molecule has 0 bridgehead atoms. The Labute approximate surface area is 159 Å². The van der Waals surface area contributed by atoms with Crippen LogP contribution in [0.5, 0.6) is 0 Å². The van der Waals surface area contributed by atoms with Crippen LogP contribution in [-0.4, -0.2) is 20.9 Å². The normalized spacial score (nSPS) is 10.7. The highest BCUT2D eigenvalue weighted by molar-refractivity contribution is 5.69. The van der Waals surface area contributed by atoms with Crippen LogP contribution in [0.15, 0.2) is 80.5 Å². The van der Waals surface area contributed by atoms with Crippen LogP contribution in [0.4, 0.5) is 0 Å². The first-order chi connectivity index (χ1) is 13.7. The van der Waals surface area contributed by atoms with Crippen LogP contribution in [0.2, 0.25) is 0 Å². The van der Waals surface area contributed by atoms with E-state index in [1.54, 1.807) is 30.3 Å². The van der Waals surface area contributed by atoms with Crippen molar-refractivity contribution in [3.8, 4) is 22.8 Å². The lowest BCUT2D eigenvalue weighted by Crippen LogP contribution is -2.23. The molecule has 0 radical (unpaired) electrons. The van der Waals surface area contributed by atoms with Gasteiger partial charge in [0.2, 0.25) is 5.89 Å². The molecule has 4 rings (SSSR count). The monoisotopic (exact) mass is 377 g/mol. The zero-order valence-electron chi connectivity index (χ0n) is 14.6. The summed E-state index contributed by atoms with van der Waals surface area (Å²) in [5, 5.41) is 7.90. The third-order valence-corrected chi connectivity index (χ3v) is 3.90. The molecule has 8 heteroatoms. The summed E-state index contributed by atoms with van der Waals surface area (Å²) in [5.41, 5.74) is 1.97. The Morgan fingerprint density at radius 3 is 2.39 bits per heavy atom. The van der Waals surface area contributed by atoms with E-state index in [2.05, 4.69) is 10.3 Å². The average molecular weight is 377 g/mol. The van der Waals surface area contributed by atoms with E-state index in [-0.39, 0.29) is 19.0 Å². The third kappa shape index (κ3) is 3.90. The zero-order chi connectivity index (χ0) is 19.3. The molecule has 0 aliphatic carbocycles. The molecular weight excluding hydrogens is 362 g/mol. The van der Waals surface area contributed by atoms with Crippen molar-refractivity contribution in [3.05, 3.63) is 83.0 Å². The highest BCUT2D eigenvalue weighted by Gasteiger charge is 2.15. The lowest BCUT2D eigenvalue weighted by molar-refractivity contribution is -0.146. The predicted octanol–water partition coefficient (Wildman–Crippen LogP) is 2.90. The molecule has 140 valence electrons. The lowest BCUT2D eigenvalue weighted by Gasteiger charge is -2.01. The molecule has 0 spiro atoms. The highest BCUT2D eigenvalue weighted by atomic mass is 16.5. The summed E-state index contributed by atoms with van der Waals surface area (Å²) in [6, 6.07) is 20.1. The summed E-state index contributed by atoms with van der Waals surface area (Å²) in [4.78, 5) is 23.9. The zero-order valence-corrected chi connectivity index (χ0v) is 14.6. The summed E-state index contributed by atoms with van der Waals surface area (Å²) < 4.78 is 16.4. The molecule has 0 atom stereocenters. The van der Waals surface area contributed by atoms with Gasteiger partial charge in [-0.1, -0.05) is 53.7 Å². The first kappa shape index (κ1) is 17.5. The van der Waals surface area contributed by atoms with Crippen molar-refractivity contribution < 1.29 is 18.5 Å². The first-order valence-corrected chi connectivity index (χ1v) is 8.49. The van der Waals surface area contributed by atoms with E-state index in [0.29, 0.717) is 17.0 Å². The fraction of sp³-hybridized carbons (Fsp3) is 0.100. The van der Waals surface area contributed by atoms with Crippen LogP contribution in [-0.2, 0) is 22.7 Å². The summed E-state index contributed by atoms with van der Waals surface area (Å²) in [5.74, 6) is -0.655. The SMILES string of the molecule is O=C(Cn1nc(-c2ccccc2)oc1=O)OCc1cc(-c2ccccc2)on1. The molecule has 8 nitrogen and oxygen atoms in total. The van der Waals surface area contributed by atoms with Gasteiger partial charge in [-0.15, -0.1) is 5.10 Å². The van der Waals surface area contributed by atoms with E-state index in [1.807, 2.05) is 36.4 Å². The van der Waals surface area contributed by atoms with Gasteiger partial charge in [0.25, 0.3) is 0 Å². The molecule has 2 heterocycles. The van der Waals surface area contributed by atoms with Crippen molar-refractivity contribution in [2.75, 3.05) is 0 Å². The summed E-state index contributed by atoms with van der Waals surface area (Å²) in [6.07, 6.45) is 0. The van der Waals surface area contributed by atoms with Gasteiger partial charge in [-0.2, -0.15) is 4.68 Å². The second-order valence-electron chi connectivity index (χ2n) is 5.91. The van der Waals surface area contributed by atoms with Crippen molar-refractivity contribution in [2.24, 2.45) is 0 Å². The molecule has 0 aliphatic rings. The molecule has 0 N–H and O–H groups in total. The van der Waals surface area contributed by atoms with Gasteiger partial charge in [0.1, 0.15) is 18.8 Å².